The summed E-state index contributed by atoms with van der Waals surface area (Å²) in [6.45, 7) is 4.12. The summed E-state index contributed by atoms with van der Waals surface area (Å²) in [5.74, 6) is 0.215. The standard InChI is InChI=1S/C19H19N3O2S/c1-12-8-9-14(13(2)10-12)11-17-21-22-19(24-17)20-18(23)15-6-4-5-7-16(15)25-3/h4-10H,11H2,1-3H3,(H,20,22,23). The van der Waals surface area contributed by atoms with E-state index in [0.29, 0.717) is 17.9 Å². The van der Waals surface area contributed by atoms with Crippen LogP contribution in [0.3, 0.4) is 0 Å². The van der Waals surface area contributed by atoms with Gasteiger partial charge in [0, 0.05) is 4.90 Å². The fourth-order valence-corrected chi connectivity index (χ4v) is 3.17. The van der Waals surface area contributed by atoms with Gasteiger partial charge in [0.25, 0.3) is 5.91 Å². The number of carbonyl (C=O) groups is 1. The lowest BCUT2D eigenvalue weighted by Crippen LogP contribution is -2.13. The van der Waals surface area contributed by atoms with Crippen LogP contribution in [0.5, 0.6) is 0 Å². The normalized spacial score (nSPS) is 10.7. The largest absolute Gasteiger partial charge is 0.407 e. The first-order valence-electron chi connectivity index (χ1n) is 7.89. The highest BCUT2D eigenvalue weighted by Crippen LogP contribution is 2.21. The Labute approximate surface area is 150 Å². The number of carbonyl (C=O) groups excluding carboxylic acids is 1. The Morgan fingerprint density at radius 2 is 1.96 bits per heavy atom. The second-order valence-electron chi connectivity index (χ2n) is 5.76. The van der Waals surface area contributed by atoms with Crippen LogP contribution >= 0.6 is 11.8 Å². The number of amides is 1. The molecule has 0 fully saturated rings. The van der Waals surface area contributed by atoms with E-state index in [1.165, 1.54) is 22.9 Å². The number of benzene rings is 2. The molecule has 0 saturated carbocycles. The van der Waals surface area contributed by atoms with Crippen molar-refractivity contribution in [3.8, 4) is 0 Å². The Kier molecular flexibility index (Phi) is 5.19. The van der Waals surface area contributed by atoms with Crippen LogP contribution in [0, 0.1) is 13.8 Å². The van der Waals surface area contributed by atoms with Gasteiger partial charge in [0.1, 0.15) is 0 Å². The molecule has 1 amide bonds. The first-order valence-corrected chi connectivity index (χ1v) is 9.12. The number of aryl methyl sites for hydroxylation is 2. The van der Waals surface area contributed by atoms with Crippen molar-refractivity contribution in [2.24, 2.45) is 0 Å². The number of hydrogen-bond donors (Lipinski definition) is 1. The summed E-state index contributed by atoms with van der Waals surface area (Å²) < 4.78 is 5.58. The summed E-state index contributed by atoms with van der Waals surface area (Å²) in [6, 6.07) is 13.7. The van der Waals surface area contributed by atoms with Gasteiger partial charge in [-0.3, -0.25) is 10.1 Å². The minimum absolute atomic E-state index is 0.112. The number of hydrogen-bond acceptors (Lipinski definition) is 5. The smallest absolute Gasteiger partial charge is 0.322 e. The lowest BCUT2D eigenvalue weighted by Gasteiger charge is -2.05. The second kappa shape index (κ2) is 7.53. The third-order valence-electron chi connectivity index (χ3n) is 3.88. The summed E-state index contributed by atoms with van der Waals surface area (Å²) in [7, 11) is 0. The monoisotopic (exact) mass is 353 g/mol. The molecule has 3 rings (SSSR count). The van der Waals surface area contributed by atoms with Crippen molar-refractivity contribution in [3.63, 3.8) is 0 Å². The van der Waals surface area contributed by atoms with Crippen LogP contribution in [-0.2, 0) is 6.42 Å². The zero-order valence-corrected chi connectivity index (χ0v) is 15.2. The summed E-state index contributed by atoms with van der Waals surface area (Å²) in [5, 5.41) is 10.6. The van der Waals surface area contributed by atoms with Crippen LogP contribution in [0.2, 0.25) is 0 Å². The van der Waals surface area contributed by atoms with Gasteiger partial charge >= 0.3 is 6.01 Å². The fourth-order valence-electron chi connectivity index (χ4n) is 2.58. The molecular weight excluding hydrogens is 334 g/mol. The summed E-state index contributed by atoms with van der Waals surface area (Å²) in [6.07, 6.45) is 2.47. The van der Waals surface area contributed by atoms with Crippen LogP contribution in [-0.4, -0.2) is 22.4 Å². The fraction of sp³-hybridized carbons (Fsp3) is 0.211. The molecule has 0 bridgehead atoms. The van der Waals surface area contributed by atoms with Crippen LogP contribution in [0.4, 0.5) is 6.01 Å². The average Bonchev–Trinajstić information content (AvgIpc) is 3.04. The van der Waals surface area contributed by atoms with Crippen LogP contribution in [0.25, 0.3) is 0 Å². The zero-order chi connectivity index (χ0) is 17.8. The number of nitrogens with one attached hydrogen (secondary N) is 1. The first-order chi connectivity index (χ1) is 12.1. The van der Waals surface area contributed by atoms with E-state index in [2.05, 4.69) is 47.6 Å². The van der Waals surface area contributed by atoms with Gasteiger partial charge in [-0.2, -0.15) is 0 Å². The Morgan fingerprint density at radius 3 is 2.72 bits per heavy atom. The topological polar surface area (TPSA) is 68.0 Å². The molecule has 3 aromatic rings. The third-order valence-corrected chi connectivity index (χ3v) is 4.67. The predicted octanol–water partition coefficient (Wildman–Crippen LogP) is 4.25. The molecule has 1 aromatic heterocycles. The van der Waals surface area contributed by atoms with Crippen molar-refractivity contribution >= 4 is 23.7 Å². The maximum atomic E-state index is 12.4. The van der Waals surface area contributed by atoms with Crippen molar-refractivity contribution in [3.05, 3.63) is 70.6 Å². The summed E-state index contributed by atoms with van der Waals surface area (Å²) in [5.41, 5.74) is 4.11. The second-order valence-corrected chi connectivity index (χ2v) is 6.61. The number of rotatable bonds is 5. The minimum Gasteiger partial charge on any atom is -0.407 e. The summed E-state index contributed by atoms with van der Waals surface area (Å²) in [4.78, 5) is 13.3. The molecule has 0 aliphatic rings. The molecule has 1 N–H and O–H groups in total. The Bertz CT molecular complexity index is 905. The molecule has 0 radical (unpaired) electrons. The van der Waals surface area contributed by atoms with Gasteiger partial charge in [0.2, 0.25) is 5.89 Å². The minimum atomic E-state index is -0.258. The van der Waals surface area contributed by atoms with Crippen molar-refractivity contribution < 1.29 is 9.21 Å². The number of anilines is 1. The van der Waals surface area contributed by atoms with Gasteiger partial charge < -0.3 is 4.42 Å². The SMILES string of the molecule is CSc1ccccc1C(=O)Nc1nnc(Cc2ccc(C)cc2C)o1. The first kappa shape index (κ1) is 17.2. The van der Waals surface area contributed by atoms with E-state index in [1.807, 2.05) is 24.5 Å². The van der Waals surface area contributed by atoms with Gasteiger partial charge in [-0.05, 0) is 43.4 Å². The molecule has 5 nitrogen and oxygen atoms in total. The Morgan fingerprint density at radius 1 is 1.16 bits per heavy atom. The Balaban J connectivity index is 1.72. The van der Waals surface area contributed by atoms with E-state index >= 15 is 0 Å². The molecule has 6 heteroatoms. The van der Waals surface area contributed by atoms with Crippen molar-refractivity contribution in [2.75, 3.05) is 11.6 Å². The van der Waals surface area contributed by atoms with E-state index in [1.54, 1.807) is 6.07 Å². The zero-order valence-electron chi connectivity index (χ0n) is 14.4. The highest BCUT2D eigenvalue weighted by molar-refractivity contribution is 7.98. The van der Waals surface area contributed by atoms with Crippen LogP contribution in [0.15, 0.2) is 51.8 Å². The number of nitrogens with zero attached hydrogens (tertiary/aromatic N) is 2. The molecule has 0 aliphatic heterocycles. The third kappa shape index (κ3) is 4.09. The van der Waals surface area contributed by atoms with E-state index in [4.69, 9.17) is 4.42 Å². The molecule has 0 spiro atoms. The molecule has 0 saturated heterocycles. The van der Waals surface area contributed by atoms with E-state index < -0.39 is 0 Å². The van der Waals surface area contributed by atoms with E-state index in [-0.39, 0.29) is 11.9 Å². The van der Waals surface area contributed by atoms with Crippen molar-refractivity contribution in [1.29, 1.82) is 0 Å². The molecule has 128 valence electrons. The van der Waals surface area contributed by atoms with Gasteiger partial charge in [-0.1, -0.05) is 41.0 Å². The van der Waals surface area contributed by atoms with Crippen molar-refractivity contribution in [2.45, 2.75) is 25.2 Å². The van der Waals surface area contributed by atoms with Gasteiger partial charge in [0.15, 0.2) is 0 Å². The van der Waals surface area contributed by atoms with Gasteiger partial charge in [-0.15, -0.1) is 16.9 Å². The van der Waals surface area contributed by atoms with E-state index in [0.717, 1.165) is 10.5 Å². The summed E-state index contributed by atoms with van der Waals surface area (Å²) >= 11 is 1.52. The average molecular weight is 353 g/mol. The molecule has 1 heterocycles. The predicted molar refractivity (Wildman–Crippen MR) is 99.2 cm³/mol. The molecule has 0 atom stereocenters. The van der Waals surface area contributed by atoms with Gasteiger partial charge in [0.05, 0.1) is 12.0 Å². The molecule has 2 aromatic carbocycles. The Hall–Kier alpha value is -2.60. The lowest BCUT2D eigenvalue weighted by atomic mass is 10.0. The van der Waals surface area contributed by atoms with Crippen LogP contribution in [0.1, 0.15) is 32.9 Å². The lowest BCUT2D eigenvalue weighted by molar-refractivity contribution is 0.102. The highest BCUT2D eigenvalue weighted by atomic mass is 32.2. The molecule has 0 unspecified atom stereocenters. The van der Waals surface area contributed by atoms with E-state index in [9.17, 15) is 4.79 Å². The van der Waals surface area contributed by atoms with Crippen molar-refractivity contribution in [1.82, 2.24) is 10.2 Å². The molecular formula is C19H19N3O2S. The molecule has 0 aliphatic carbocycles. The number of thioether (sulfide) groups is 1. The maximum absolute atomic E-state index is 12.4. The maximum Gasteiger partial charge on any atom is 0.322 e. The molecule has 25 heavy (non-hydrogen) atoms. The van der Waals surface area contributed by atoms with Crippen LogP contribution < -0.4 is 5.32 Å². The highest BCUT2D eigenvalue weighted by Gasteiger charge is 2.15. The van der Waals surface area contributed by atoms with Gasteiger partial charge in [-0.25, -0.2) is 0 Å². The number of aromatic nitrogens is 2. The quantitative estimate of drug-likeness (QED) is 0.695.